The molecule has 0 bridgehead atoms. The maximum Gasteiger partial charge on any atom is 0.313 e. The highest BCUT2D eigenvalue weighted by Crippen LogP contribution is 2.26. The van der Waals surface area contributed by atoms with Crippen molar-refractivity contribution in [2.24, 2.45) is 0 Å². The number of rotatable bonds is 5. The predicted octanol–water partition coefficient (Wildman–Crippen LogP) is 0.405. The Hall–Kier alpha value is -1.35. The zero-order valence-electron chi connectivity index (χ0n) is 9.38. The minimum Gasteiger partial charge on any atom is -0.481 e. The molecule has 1 unspecified atom stereocenters. The zero-order chi connectivity index (χ0) is 13.0. The van der Waals surface area contributed by atoms with Crippen LogP contribution in [0.1, 0.15) is 12.8 Å². The molecular formula is C9H12N4O3S2. The first-order valence-corrected chi connectivity index (χ1v) is 7.17. The SMILES string of the molecule is O=C(O)CSc1nnc(NC2CCCNC2=O)s1. The average molecular weight is 288 g/mol. The fourth-order valence-electron chi connectivity index (χ4n) is 1.51. The monoisotopic (exact) mass is 288 g/mol. The Morgan fingerprint density at radius 3 is 3.17 bits per heavy atom. The molecule has 0 radical (unpaired) electrons. The highest BCUT2D eigenvalue weighted by Gasteiger charge is 2.22. The molecule has 1 aromatic rings. The number of anilines is 1. The molecule has 2 rings (SSSR count). The maximum atomic E-state index is 11.5. The minimum atomic E-state index is -0.892. The van der Waals surface area contributed by atoms with Crippen molar-refractivity contribution in [1.29, 1.82) is 0 Å². The van der Waals surface area contributed by atoms with Gasteiger partial charge in [0.2, 0.25) is 11.0 Å². The van der Waals surface area contributed by atoms with Gasteiger partial charge in [0.15, 0.2) is 4.34 Å². The lowest BCUT2D eigenvalue weighted by Crippen LogP contribution is -2.44. The summed E-state index contributed by atoms with van der Waals surface area (Å²) >= 11 is 2.37. The molecule has 7 nitrogen and oxygen atoms in total. The van der Waals surface area contributed by atoms with Crippen LogP contribution in [-0.2, 0) is 9.59 Å². The van der Waals surface area contributed by atoms with E-state index in [4.69, 9.17) is 5.11 Å². The Morgan fingerprint density at radius 1 is 1.61 bits per heavy atom. The fourth-order valence-corrected chi connectivity index (χ4v) is 3.03. The van der Waals surface area contributed by atoms with Gasteiger partial charge >= 0.3 is 5.97 Å². The molecular weight excluding hydrogens is 276 g/mol. The van der Waals surface area contributed by atoms with Gasteiger partial charge in [-0.15, -0.1) is 10.2 Å². The minimum absolute atomic E-state index is 0.0313. The summed E-state index contributed by atoms with van der Waals surface area (Å²) in [6.07, 6.45) is 1.70. The van der Waals surface area contributed by atoms with Gasteiger partial charge in [0, 0.05) is 6.54 Å². The van der Waals surface area contributed by atoms with Gasteiger partial charge in [-0.1, -0.05) is 23.1 Å². The number of amides is 1. The summed E-state index contributed by atoms with van der Waals surface area (Å²) in [6, 6.07) is -0.274. The predicted molar refractivity (Wildman–Crippen MR) is 67.9 cm³/mol. The summed E-state index contributed by atoms with van der Waals surface area (Å²) in [5.74, 6) is -0.967. The zero-order valence-corrected chi connectivity index (χ0v) is 11.0. The molecule has 0 aliphatic carbocycles. The van der Waals surface area contributed by atoms with Gasteiger partial charge in [0.05, 0.1) is 5.75 Å². The highest BCUT2D eigenvalue weighted by atomic mass is 32.2. The van der Waals surface area contributed by atoms with E-state index >= 15 is 0 Å². The van der Waals surface area contributed by atoms with Crippen LogP contribution in [0.3, 0.4) is 0 Å². The Morgan fingerprint density at radius 2 is 2.44 bits per heavy atom. The molecule has 1 saturated heterocycles. The van der Waals surface area contributed by atoms with E-state index in [1.165, 1.54) is 11.3 Å². The van der Waals surface area contributed by atoms with Crippen LogP contribution in [0, 0.1) is 0 Å². The van der Waals surface area contributed by atoms with E-state index in [1.54, 1.807) is 0 Å². The summed E-state index contributed by atoms with van der Waals surface area (Å²) in [5, 5.41) is 22.6. The number of nitrogens with one attached hydrogen (secondary N) is 2. The molecule has 0 aromatic carbocycles. The van der Waals surface area contributed by atoms with Crippen molar-refractivity contribution in [2.75, 3.05) is 17.6 Å². The number of hydrogen-bond donors (Lipinski definition) is 3. The van der Waals surface area contributed by atoms with Crippen LogP contribution in [0.15, 0.2) is 4.34 Å². The molecule has 18 heavy (non-hydrogen) atoms. The molecule has 98 valence electrons. The van der Waals surface area contributed by atoms with Crippen LogP contribution in [-0.4, -0.2) is 45.5 Å². The topological polar surface area (TPSA) is 104 Å². The molecule has 9 heteroatoms. The lowest BCUT2D eigenvalue weighted by molar-refractivity contribution is -0.134. The second kappa shape index (κ2) is 6.01. The molecule has 0 saturated carbocycles. The first kappa shape index (κ1) is 13.1. The summed E-state index contributed by atoms with van der Waals surface area (Å²) in [6.45, 7) is 0.715. The molecule has 1 fully saturated rings. The number of hydrogen-bond acceptors (Lipinski definition) is 7. The van der Waals surface area contributed by atoms with Crippen molar-refractivity contribution < 1.29 is 14.7 Å². The molecule has 1 atom stereocenters. The van der Waals surface area contributed by atoms with E-state index in [1.807, 2.05) is 0 Å². The van der Waals surface area contributed by atoms with Crippen molar-refractivity contribution >= 4 is 40.1 Å². The van der Waals surface area contributed by atoms with Crippen LogP contribution < -0.4 is 10.6 Å². The van der Waals surface area contributed by atoms with E-state index in [2.05, 4.69) is 20.8 Å². The average Bonchev–Trinajstić information content (AvgIpc) is 2.77. The number of carboxylic acid groups (broad SMARTS) is 1. The van der Waals surface area contributed by atoms with Crippen LogP contribution in [0.4, 0.5) is 5.13 Å². The van der Waals surface area contributed by atoms with E-state index in [-0.39, 0.29) is 17.7 Å². The Bertz CT molecular complexity index is 451. The summed E-state index contributed by atoms with van der Waals surface area (Å²) in [4.78, 5) is 21.9. The number of piperidine rings is 1. The number of nitrogens with zero attached hydrogens (tertiary/aromatic N) is 2. The Kier molecular flexibility index (Phi) is 4.37. The highest BCUT2D eigenvalue weighted by molar-refractivity contribution is 8.01. The third kappa shape index (κ3) is 3.57. The van der Waals surface area contributed by atoms with Gasteiger partial charge in [-0.05, 0) is 12.8 Å². The number of carbonyl (C=O) groups is 2. The van der Waals surface area contributed by atoms with E-state index in [0.717, 1.165) is 24.6 Å². The smallest absolute Gasteiger partial charge is 0.313 e. The first-order chi connectivity index (χ1) is 8.65. The molecule has 2 heterocycles. The molecule has 0 spiro atoms. The Labute approximate surface area is 111 Å². The number of thioether (sulfide) groups is 1. The third-order valence-corrected chi connectivity index (χ3v) is 4.28. The van der Waals surface area contributed by atoms with Crippen LogP contribution in [0.25, 0.3) is 0 Å². The van der Waals surface area contributed by atoms with Crippen molar-refractivity contribution in [1.82, 2.24) is 15.5 Å². The van der Waals surface area contributed by atoms with E-state index in [0.29, 0.717) is 16.0 Å². The first-order valence-electron chi connectivity index (χ1n) is 5.37. The second-order valence-corrected chi connectivity index (χ2v) is 5.89. The van der Waals surface area contributed by atoms with Crippen LogP contribution in [0.2, 0.25) is 0 Å². The van der Waals surface area contributed by atoms with Gasteiger partial charge in [0.25, 0.3) is 0 Å². The standard InChI is InChI=1S/C9H12N4O3S2/c14-6(15)4-17-9-13-12-8(18-9)11-5-2-1-3-10-7(5)16/h5H,1-4H2,(H,10,16)(H,11,12)(H,14,15). The summed E-state index contributed by atoms with van der Waals surface area (Å²) in [5.41, 5.74) is 0. The van der Waals surface area contributed by atoms with Gasteiger partial charge in [-0.3, -0.25) is 9.59 Å². The lowest BCUT2D eigenvalue weighted by Gasteiger charge is -2.21. The van der Waals surface area contributed by atoms with Gasteiger partial charge in [-0.25, -0.2) is 0 Å². The summed E-state index contributed by atoms with van der Waals surface area (Å²) in [7, 11) is 0. The fraction of sp³-hybridized carbons (Fsp3) is 0.556. The maximum absolute atomic E-state index is 11.5. The third-order valence-electron chi connectivity index (χ3n) is 2.31. The van der Waals surface area contributed by atoms with Gasteiger partial charge in [0.1, 0.15) is 6.04 Å². The number of aromatic nitrogens is 2. The molecule has 1 amide bonds. The largest absolute Gasteiger partial charge is 0.481 e. The number of carbonyl (C=O) groups excluding carboxylic acids is 1. The molecule has 1 aliphatic rings. The summed E-state index contributed by atoms with van der Waals surface area (Å²) < 4.78 is 0.580. The van der Waals surface area contributed by atoms with Crippen molar-refractivity contribution in [2.45, 2.75) is 23.2 Å². The van der Waals surface area contributed by atoms with Crippen molar-refractivity contribution in [3.8, 4) is 0 Å². The quantitative estimate of drug-likeness (QED) is 0.674. The van der Waals surface area contributed by atoms with E-state index in [9.17, 15) is 9.59 Å². The lowest BCUT2D eigenvalue weighted by atomic mass is 10.1. The van der Waals surface area contributed by atoms with Gasteiger partial charge in [-0.2, -0.15) is 0 Å². The second-order valence-electron chi connectivity index (χ2n) is 3.69. The van der Waals surface area contributed by atoms with Crippen LogP contribution >= 0.6 is 23.1 Å². The number of aliphatic carboxylic acids is 1. The normalized spacial score (nSPS) is 19.3. The van der Waals surface area contributed by atoms with Crippen molar-refractivity contribution in [3.05, 3.63) is 0 Å². The molecule has 1 aromatic heterocycles. The Balaban J connectivity index is 1.89. The molecule has 1 aliphatic heterocycles. The van der Waals surface area contributed by atoms with Crippen LogP contribution in [0.5, 0.6) is 0 Å². The van der Waals surface area contributed by atoms with Crippen molar-refractivity contribution in [3.63, 3.8) is 0 Å². The number of carboxylic acids is 1. The van der Waals surface area contributed by atoms with Gasteiger partial charge < -0.3 is 15.7 Å². The van der Waals surface area contributed by atoms with E-state index < -0.39 is 5.97 Å². The molecule has 3 N–H and O–H groups in total.